The fourth-order valence-corrected chi connectivity index (χ4v) is 3.55. The van der Waals surface area contributed by atoms with E-state index in [4.69, 9.17) is 4.98 Å². The molecule has 0 spiro atoms. The van der Waals surface area contributed by atoms with Crippen LogP contribution in [0, 0.1) is 0 Å². The molecule has 0 amide bonds. The van der Waals surface area contributed by atoms with Gasteiger partial charge in [-0.2, -0.15) is 0 Å². The van der Waals surface area contributed by atoms with Crippen molar-refractivity contribution in [3.8, 4) is 11.4 Å². The molecule has 3 aliphatic rings. The van der Waals surface area contributed by atoms with Gasteiger partial charge in [0.2, 0.25) is 5.69 Å². The van der Waals surface area contributed by atoms with Gasteiger partial charge in [0.05, 0.1) is 16.4 Å². The number of nitrogens with zero attached hydrogens (tertiary/aromatic N) is 2. The highest BCUT2D eigenvalue weighted by Gasteiger charge is 2.29. The van der Waals surface area contributed by atoms with Gasteiger partial charge in [-0.3, -0.25) is 0 Å². The topological polar surface area (TPSA) is 31.7 Å². The van der Waals surface area contributed by atoms with Crippen LogP contribution in [0.5, 0.6) is 0 Å². The highest BCUT2D eigenvalue weighted by Crippen LogP contribution is 2.43. The quantitative estimate of drug-likeness (QED) is 0.519. The van der Waals surface area contributed by atoms with Gasteiger partial charge in [-0.1, -0.05) is 30.3 Å². The van der Waals surface area contributed by atoms with E-state index in [0.29, 0.717) is 0 Å². The maximum Gasteiger partial charge on any atom is 0.238 e. The number of aromatic amines is 1. The first kappa shape index (κ1) is 11.9. The maximum absolute atomic E-state index is 4.93. The Morgan fingerprint density at radius 3 is 2.64 bits per heavy atom. The summed E-state index contributed by atoms with van der Waals surface area (Å²) in [7, 11) is 0. The van der Waals surface area contributed by atoms with E-state index in [1.165, 1.54) is 22.9 Å². The molecule has 3 nitrogen and oxygen atoms in total. The molecule has 0 atom stereocenters. The summed E-state index contributed by atoms with van der Waals surface area (Å²) in [5.41, 5.74) is 5.61. The van der Waals surface area contributed by atoms with Crippen molar-refractivity contribution in [3.63, 3.8) is 0 Å². The van der Waals surface area contributed by atoms with Crippen LogP contribution in [0.15, 0.2) is 48.5 Å². The van der Waals surface area contributed by atoms with E-state index in [0.717, 1.165) is 35.4 Å². The fourth-order valence-electron chi connectivity index (χ4n) is 3.55. The molecule has 2 aromatic rings. The van der Waals surface area contributed by atoms with Crippen LogP contribution in [0.1, 0.15) is 12.8 Å². The van der Waals surface area contributed by atoms with Gasteiger partial charge in [0.15, 0.2) is 0 Å². The molecule has 0 aromatic heterocycles. The third-order valence-corrected chi connectivity index (χ3v) is 4.55. The minimum atomic E-state index is 1.02. The van der Waals surface area contributed by atoms with Crippen molar-refractivity contribution in [1.29, 1.82) is 0 Å². The second kappa shape index (κ2) is 4.41. The molecule has 0 radical (unpaired) electrons. The first-order chi connectivity index (χ1) is 10.9. The Hall–Kier alpha value is -2.68. The van der Waals surface area contributed by atoms with E-state index in [1.807, 2.05) is 6.07 Å². The van der Waals surface area contributed by atoms with Gasteiger partial charge in [0.25, 0.3) is 0 Å². The minimum Gasteiger partial charge on any atom is -0.347 e. The van der Waals surface area contributed by atoms with Crippen molar-refractivity contribution in [1.82, 2.24) is 9.97 Å². The summed E-state index contributed by atoms with van der Waals surface area (Å²) in [5.74, 6) is 0. The number of fused-ring (bicyclic) bond motifs is 4. The Morgan fingerprint density at radius 2 is 1.77 bits per heavy atom. The average Bonchev–Trinajstić information content (AvgIpc) is 3.18. The predicted octanol–water partition coefficient (Wildman–Crippen LogP) is 4.33. The molecular weight excluding hydrogens is 270 g/mol. The summed E-state index contributed by atoms with van der Waals surface area (Å²) < 4.78 is 2.39. The molecule has 1 N–H and O–H groups in total. The predicted molar refractivity (Wildman–Crippen MR) is 90.3 cm³/mol. The van der Waals surface area contributed by atoms with Gasteiger partial charge in [-0.25, -0.2) is 9.56 Å². The van der Waals surface area contributed by atoms with Crippen molar-refractivity contribution in [2.24, 2.45) is 0 Å². The number of hydrogen-bond donors (Lipinski definition) is 1. The molecule has 0 fully saturated rings. The van der Waals surface area contributed by atoms with Crippen molar-refractivity contribution >= 4 is 33.7 Å². The van der Waals surface area contributed by atoms with Crippen LogP contribution in [-0.4, -0.2) is 27.3 Å². The van der Waals surface area contributed by atoms with Crippen molar-refractivity contribution in [3.05, 3.63) is 48.5 Å². The average molecular weight is 286 g/mol. The zero-order valence-electron chi connectivity index (χ0n) is 12.2. The Kier molecular flexibility index (Phi) is 2.39. The third-order valence-electron chi connectivity index (χ3n) is 4.55. The van der Waals surface area contributed by atoms with E-state index in [2.05, 4.69) is 58.2 Å². The number of H-pyrrole nitrogens is 1. The molecule has 22 heavy (non-hydrogen) atoms. The first-order valence-corrected chi connectivity index (χ1v) is 7.81. The van der Waals surface area contributed by atoms with Crippen LogP contribution in [-0.2, 0) is 0 Å². The fraction of sp³-hybridized carbons (Fsp3) is 0.158. The van der Waals surface area contributed by atoms with Crippen LogP contribution >= 0.6 is 0 Å². The smallest absolute Gasteiger partial charge is 0.238 e. The van der Waals surface area contributed by atoms with Gasteiger partial charge < -0.3 is 4.98 Å². The summed E-state index contributed by atoms with van der Waals surface area (Å²) >= 11 is 0. The molecule has 2 heterocycles. The Morgan fingerprint density at radius 1 is 0.955 bits per heavy atom. The highest BCUT2D eigenvalue weighted by atomic mass is 15.0. The van der Waals surface area contributed by atoms with Crippen molar-refractivity contribution < 1.29 is 4.58 Å². The molecule has 0 saturated carbocycles. The van der Waals surface area contributed by atoms with Gasteiger partial charge in [-0.15, -0.1) is 0 Å². The molecule has 5 rings (SSSR count). The SMILES string of the molecule is C1=[N+](c2c3[nH]c4ccccc4nc-3c3ccccc23)CCC1. The molecule has 1 aliphatic carbocycles. The molecular formula is C19H16N3+. The highest BCUT2D eigenvalue weighted by molar-refractivity contribution is 6.09. The van der Waals surface area contributed by atoms with E-state index in [1.54, 1.807) is 0 Å². The first-order valence-electron chi connectivity index (χ1n) is 7.81. The normalized spacial score (nSPS) is 15.0. The molecule has 2 aliphatic heterocycles. The second-order valence-corrected chi connectivity index (χ2v) is 5.89. The Labute approximate surface area is 128 Å². The standard InChI is InChI=1S/C19H16N3/c1-2-8-14-13(7-1)17-18(19(14)22-11-5-6-12-22)21-16-10-4-3-9-15(16)20-17/h1-4,7-11,21H,5-6,12H2/q+1. The summed E-state index contributed by atoms with van der Waals surface area (Å²) in [4.78, 5) is 8.55. The Bertz CT molecular complexity index is 1010. The lowest BCUT2D eigenvalue weighted by Crippen LogP contribution is -2.02. The van der Waals surface area contributed by atoms with Crippen LogP contribution in [0.4, 0.5) is 5.69 Å². The van der Waals surface area contributed by atoms with Crippen molar-refractivity contribution in [2.45, 2.75) is 12.8 Å². The van der Waals surface area contributed by atoms with Gasteiger partial charge in [0.1, 0.15) is 24.1 Å². The molecule has 106 valence electrons. The zero-order chi connectivity index (χ0) is 14.5. The van der Waals surface area contributed by atoms with Crippen molar-refractivity contribution in [2.75, 3.05) is 6.54 Å². The monoisotopic (exact) mass is 286 g/mol. The molecule has 0 bridgehead atoms. The third kappa shape index (κ3) is 1.56. The number of rotatable bonds is 1. The molecule has 3 heteroatoms. The molecule has 0 unspecified atom stereocenters. The van der Waals surface area contributed by atoms with Gasteiger partial charge >= 0.3 is 0 Å². The molecule has 2 aromatic carbocycles. The van der Waals surface area contributed by atoms with Crippen LogP contribution in [0.3, 0.4) is 0 Å². The number of benzene rings is 2. The van der Waals surface area contributed by atoms with E-state index in [9.17, 15) is 0 Å². The lowest BCUT2D eigenvalue weighted by Gasteiger charge is -2.04. The largest absolute Gasteiger partial charge is 0.347 e. The number of para-hydroxylation sites is 2. The summed E-state index contributed by atoms with van der Waals surface area (Å²) in [6.07, 6.45) is 4.69. The minimum absolute atomic E-state index is 1.02. The van der Waals surface area contributed by atoms with Crippen LogP contribution in [0.25, 0.3) is 33.2 Å². The molecule has 0 saturated heterocycles. The van der Waals surface area contributed by atoms with E-state index >= 15 is 0 Å². The Balaban J connectivity index is 1.98. The number of aromatic nitrogens is 2. The van der Waals surface area contributed by atoms with Crippen LogP contribution < -0.4 is 0 Å². The van der Waals surface area contributed by atoms with Crippen LogP contribution in [0.2, 0.25) is 0 Å². The second-order valence-electron chi connectivity index (χ2n) is 5.89. The summed E-state index contributed by atoms with van der Waals surface area (Å²) in [6.45, 7) is 1.09. The van der Waals surface area contributed by atoms with E-state index in [-0.39, 0.29) is 0 Å². The lowest BCUT2D eigenvalue weighted by atomic mass is 10.2. The number of nitrogens with one attached hydrogen (secondary N) is 1. The maximum atomic E-state index is 4.93. The zero-order valence-corrected chi connectivity index (χ0v) is 12.2. The summed E-state index contributed by atoms with van der Waals surface area (Å²) in [5, 5.41) is 2.52. The summed E-state index contributed by atoms with van der Waals surface area (Å²) in [6, 6.07) is 16.8. The lowest BCUT2D eigenvalue weighted by molar-refractivity contribution is -0.424. The van der Waals surface area contributed by atoms with Gasteiger partial charge in [0, 0.05) is 18.2 Å². The van der Waals surface area contributed by atoms with Gasteiger partial charge in [-0.05, 0) is 18.2 Å². The van der Waals surface area contributed by atoms with E-state index < -0.39 is 0 Å². The number of hydrogen-bond acceptors (Lipinski definition) is 1.